The Balaban J connectivity index is 0.998. The molecule has 8 bridgehead atoms. The molecule has 18 nitrogen and oxygen atoms in total. The largest absolute Gasteiger partial charge is 0.464 e. The van der Waals surface area contributed by atoms with E-state index in [-0.39, 0.29) is 42.8 Å². The third kappa shape index (κ3) is 10.1. The lowest BCUT2D eigenvalue weighted by Crippen LogP contribution is -2.66. The highest BCUT2D eigenvalue weighted by atomic mass is 32.1. The molecule has 19 heteroatoms. The van der Waals surface area contributed by atoms with Crippen molar-refractivity contribution in [3.05, 3.63) is 52.1 Å². The number of pyridine rings is 1. The monoisotopic (exact) mass is 1060 g/mol. The number of benzene rings is 1. The summed E-state index contributed by atoms with van der Waals surface area (Å²) in [5.41, 5.74) is 9.60. The van der Waals surface area contributed by atoms with Crippen LogP contribution >= 0.6 is 11.3 Å². The van der Waals surface area contributed by atoms with Crippen molar-refractivity contribution in [2.45, 2.75) is 146 Å². The van der Waals surface area contributed by atoms with Crippen LogP contribution in [0.2, 0.25) is 0 Å². The molecule has 8 fully saturated rings. The van der Waals surface area contributed by atoms with E-state index in [1.165, 1.54) is 29.2 Å². The number of thiazole rings is 1. The van der Waals surface area contributed by atoms with Crippen LogP contribution in [-0.2, 0) is 55.8 Å². The fraction of sp³-hybridized carbons (Fsp3) is 0.667. The Morgan fingerprint density at radius 2 is 1.78 bits per heavy atom. The molecule has 2 aliphatic carbocycles. The van der Waals surface area contributed by atoms with Gasteiger partial charge in [-0.2, -0.15) is 0 Å². The number of rotatable bonds is 13. The number of hydrogen-bond acceptors (Lipinski definition) is 16. The van der Waals surface area contributed by atoms with Crippen LogP contribution in [0.5, 0.6) is 0 Å². The molecule has 9 aliphatic rings. The van der Waals surface area contributed by atoms with Crippen LogP contribution in [0.4, 0.5) is 5.69 Å². The second-order valence-electron chi connectivity index (χ2n) is 23.7. The highest BCUT2D eigenvalue weighted by Gasteiger charge is 2.61. The van der Waals surface area contributed by atoms with E-state index in [1.54, 1.807) is 14.2 Å². The minimum absolute atomic E-state index is 0.0331. The van der Waals surface area contributed by atoms with Crippen molar-refractivity contribution in [1.29, 1.82) is 0 Å². The van der Waals surface area contributed by atoms with E-state index in [9.17, 15) is 9.59 Å². The quantitative estimate of drug-likeness (QED) is 0.148. The number of anilines is 1. The maximum absolute atomic E-state index is 15.2. The molecule has 6 saturated heterocycles. The van der Waals surface area contributed by atoms with Crippen LogP contribution in [0.25, 0.3) is 33.4 Å². The van der Waals surface area contributed by atoms with Crippen LogP contribution in [-0.4, -0.2) is 176 Å². The van der Waals surface area contributed by atoms with E-state index in [0.29, 0.717) is 89.0 Å². The summed E-state index contributed by atoms with van der Waals surface area (Å²) in [6.45, 7) is 16.4. The molecule has 4 aromatic rings. The number of piperazine rings is 1. The Labute approximate surface area is 450 Å². The lowest BCUT2D eigenvalue weighted by molar-refractivity contribution is -0.158. The SMILES string of the molecule is COC1CN([C@@H]2c3nc(cs3)-c3ccc4c(c3)c(c(-c3cc(N5CCN(C6CC6)CC5)cnc3[C@H](C)OC)n4CCOC3CCOCC3)CC(C)(C)COC(=O)[C@@H]3CCCN(N3)C(=O)[C@H]2NC(=O)C23CC(C2)[C@@H](C)O3)C1. The maximum Gasteiger partial charge on any atom is 0.324 e. The first-order valence-electron chi connectivity index (χ1n) is 28.1. The van der Waals surface area contributed by atoms with E-state index >= 15 is 4.79 Å². The summed E-state index contributed by atoms with van der Waals surface area (Å²) in [6.07, 6.45) is 8.95. The summed E-state index contributed by atoms with van der Waals surface area (Å²) in [5, 5.41) is 8.61. The van der Waals surface area contributed by atoms with Gasteiger partial charge in [0.15, 0.2) is 0 Å². The Morgan fingerprint density at radius 1 is 0.987 bits per heavy atom. The van der Waals surface area contributed by atoms with Crippen molar-refractivity contribution in [3.8, 4) is 22.5 Å². The topological polar surface area (TPSA) is 174 Å². The van der Waals surface area contributed by atoms with Gasteiger partial charge in [-0.15, -0.1) is 11.3 Å². The van der Waals surface area contributed by atoms with Gasteiger partial charge in [-0.1, -0.05) is 19.9 Å². The van der Waals surface area contributed by atoms with Gasteiger partial charge < -0.3 is 43.2 Å². The van der Waals surface area contributed by atoms with Crippen LogP contribution < -0.4 is 15.6 Å². The summed E-state index contributed by atoms with van der Waals surface area (Å²) in [7, 11) is 3.44. The molecule has 410 valence electrons. The van der Waals surface area contributed by atoms with Gasteiger partial charge >= 0.3 is 5.97 Å². The van der Waals surface area contributed by atoms with Gasteiger partial charge in [0.1, 0.15) is 22.7 Å². The first-order chi connectivity index (χ1) is 36.8. The normalized spacial score (nSPS) is 29.2. The Hall–Kier alpha value is -4.57. The molecule has 13 rings (SSSR count). The summed E-state index contributed by atoms with van der Waals surface area (Å²) in [5.74, 6) is -0.729. The molecule has 10 heterocycles. The number of likely N-dealkylation sites (tertiary alicyclic amines) is 1. The number of carbonyl (C=O) groups excluding carboxylic acids is 3. The van der Waals surface area contributed by atoms with Crippen LogP contribution in [0.1, 0.15) is 107 Å². The van der Waals surface area contributed by atoms with Crippen LogP contribution in [0.3, 0.4) is 0 Å². The number of cyclic esters (lactones) is 1. The number of ether oxygens (including phenoxy) is 6. The molecular formula is C57H77N9O9S. The van der Waals surface area contributed by atoms with E-state index < -0.39 is 35.1 Å². The molecular weight excluding hydrogens is 987 g/mol. The number of methoxy groups -OCH3 is 2. The van der Waals surface area contributed by atoms with Crippen molar-refractivity contribution >= 4 is 45.7 Å². The molecule has 0 spiro atoms. The molecule has 2 amide bonds. The second-order valence-corrected chi connectivity index (χ2v) is 24.6. The Morgan fingerprint density at radius 3 is 2.50 bits per heavy atom. The van der Waals surface area contributed by atoms with E-state index in [0.717, 1.165) is 95.4 Å². The lowest BCUT2D eigenvalue weighted by atomic mass is 9.72. The van der Waals surface area contributed by atoms with Crippen LogP contribution in [0.15, 0.2) is 35.8 Å². The highest BCUT2D eigenvalue weighted by molar-refractivity contribution is 7.10. The van der Waals surface area contributed by atoms with Gasteiger partial charge in [-0.3, -0.25) is 34.2 Å². The highest BCUT2D eigenvalue weighted by Crippen LogP contribution is 2.53. The molecule has 7 aliphatic heterocycles. The number of nitrogens with one attached hydrogen (secondary N) is 2. The van der Waals surface area contributed by atoms with E-state index in [2.05, 4.69) is 80.4 Å². The van der Waals surface area contributed by atoms with Crippen molar-refractivity contribution < 1.29 is 42.8 Å². The van der Waals surface area contributed by atoms with Gasteiger partial charge in [0.25, 0.3) is 11.8 Å². The minimum atomic E-state index is -1.05. The third-order valence-electron chi connectivity index (χ3n) is 17.9. The zero-order chi connectivity index (χ0) is 52.5. The fourth-order valence-electron chi connectivity index (χ4n) is 13.0. The van der Waals surface area contributed by atoms with Crippen molar-refractivity contribution in [2.75, 3.05) is 91.4 Å². The molecule has 1 aromatic carbocycles. The molecule has 3 aromatic heterocycles. The van der Waals surface area contributed by atoms with E-state index in [4.69, 9.17) is 38.4 Å². The first kappa shape index (κ1) is 52.1. The summed E-state index contributed by atoms with van der Waals surface area (Å²) in [6, 6.07) is 7.21. The van der Waals surface area contributed by atoms with Crippen molar-refractivity contribution in [2.24, 2.45) is 11.3 Å². The molecule has 76 heavy (non-hydrogen) atoms. The number of hydrazine groups is 1. The summed E-state index contributed by atoms with van der Waals surface area (Å²) >= 11 is 1.49. The van der Waals surface area contributed by atoms with Gasteiger partial charge in [-0.05, 0) is 101 Å². The number of aromatic nitrogens is 3. The maximum atomic E-state index is 15.2. The second kappa shape index (κ2) is 21.2. The first-order valence-corrected chi connectivity index (χ1v) is 29.0. The van der Waals surface area contributed by atoms with Crippen molar-refractivity contribution in [3.63, 3.8) is 0 Å². The average Bonchev–Trinajstić information content (AvgIpc) is 3.83. The number of amides is 2. The molecule has 5 atom stereocenters. The molecule has 0 unspecified atom stereocenters. The summed E-state index contributed by atoms with van der Waals surface area (Å²) in [4.78, 5) is 62.2. The van der Waals surface area contributed by atoms with Crippen LogP contribution in [0, 0.1) is 11.3 Å². The number of carbonyl (C=O) groups is 3. The van der Waals surface area contributed by atoms with Gasteiger partial charge in [0.05, 0.1) is 72.6 Å². The molecule has 2 saturated carbocycles. The van der Waals surface area contributed by atoms with Gasteiger partial charge in [0, 0.05) is 119 Å². The standard InChI is InChI=1S/C57H77N9O9S/c1-34-37-26-57(27-37,75-34)55(69)60-49-51(64-30-41(31-64)71-6)52-59-46(32-76-52)36-9-12-47-42(24-36)44(28-56(3,4)33-74-54(68)45-8-7-15-66(61-45)53(49)67)50(65(47)20-23-73-40-13-21-72-22-14-40)43-25-39(29-58-48(43)35(2)70-5)63-18-16-62(17-19-63)38-10-11-38/h9,12,24-25,29,32,34-35,37-38,40-41,45,49,51,61H,7-8,10-11,13-23,26-28,30-31,33H2,1-6H3,(H,60,69)/t34-,35+,37?,45+,49+,51+,57?/m1/s1. The molecule has 0 radical (unpaired) electrons. The zero-order valence-corrected chi connectivity index (χ0v) is 46.0. The summed E-state index contributed by atoms with van der Waals surface area (Å²) < 4.78 is 39.4. The van der Waals surface area contributed by atoms with E-state index in [1.807, 2.05) is 13.1 Å². The number of fused-ring (bicyclic) bond motifs is 7. The Kier molecular flexibility index (Phi) is 14.6. The number of esters is 1. The fourth-order valence-corrected chi connectivity index (χ4v) is 14.0. The zero-order valence-electron chi connectivity index (χ0n) is 45.2. The predicted molar refractivity (Wildman–Crippen MR) is 288 cm³/mol. The third-order valence-corrected chi connectivity index (χ3v) is 18.8. The van der Waals surface area contributed by atoms with Gasteiger partial charge in [0.2, 0.25) is 0 Å². The molecule has 2 N–H and O–H groups in total. The lowest BCUT2D eigenvalue weighted by Gasteiger charge is -2.47. The average molecular weight is 1060 g/mol. The number of nitrogens with zero attached hydrogens (tertiary/aromatic N) is 7. The smallest absolute Gasteiger partial charge is 0.324 e. The Bertz CT molecular complexity index is 2790. The number of hydrogen-bond donors (Lipinski definition) is 2. The predicted octanol–water partition coefficient (Wildman–Crippen LogP) is 6.06. The minimum Gasteiger partial charge on any atom is -0.464 e. The van der Waals surface area contributed by atoms with Gasteiger partial charge in [-0.25, -0.2) is 10.4 Å². The van der Waals surface area contributed by atoms with Crippen molar-refractivity contribution in [1.82, 2.24) is 40.1 Å².